The molecule has 0 aliphatic carbocycles. The number of carbonyl (C=O) groups is 1. The van der Waals surface area contributed by atoms with E-state index in [1.54, 1.807) is 36.4 Å². The maximum Gasteiger partial charge on any atom is 0.344 e. The van der Waals surface area contributed by atoms with Crippen molar-refractivity contribution in [3.8, 4) is 11.1 Å². The zero-order chi connectivity index (χ0) is 21.9. The average molecular weight is 426 g/mol. The highest BCUT2D eigenvalue weighted by atomic mass is 16.5. The van der Waals surface area contributed by atoms with E-state index in [0.29, 0.717) is 35.5 Å². The fourth-order valence-electron chi connectivity index (χ4n) is 3.94. The third kappa shape index (κ3) is 4.00. The first-order valence-corrected chi connectivity index (χ1v) is 10.6. The van der Waals surface area contributed by atoms with E-state index >= 15 is 0 Å². The van der Waals surface area contributed by atoms with Crippen molar-refractivity contribution in [3.63, 3.8) is 0 Å². The van der Waals surface area contributed by atoms with E-state index in [2.05, 4.69) is 10.2 Å². The van der Waals surface area contributed by atoms with Crippen molar-refractivity contribution in [1.29, 1.82) is 0 Å². The summed E-state index contributed by atoms with van der Waals surface area (Å²) in [7, 11) is 0. The lowest BCUT2D eigenvalue weighted by Gasteiger charge is -2.30. The number of nitrogens with zero attached hydrogens (tertiary/aromatic N) is 1. The van der Waals surface area contributed by atoms with Gasteiger partial charge in [0, 0.05) is 24.0 Å². The quantitative estimate of drug-likeness (QED) is 0.485. The number of ether oxygens (including phenoxy) is 1. The minimum Gasteiger partial charge on any atom is -0.422 e. The van der Waals surface area contributed by atoms with Crippen molar-refractivity contribution in [2.24, 2.45) is 0 Å². The Bertz CT molecular complexity index is 1340. The number of rotatable bonds is 4. The van der Waals surface area contributed by atoms with Gasteiger partial charge >= 0.3 is 5.63 Å². The van der Waals surface area contributed by atoms with Gasteiger partial charge in [0.15, 0.2) is 0 Å². The number of nitrogens with one attached hydrogen (secondary N) is 1. The molecular weight excluding hydrogens is 404 g/mol. The summed E-state index contributed by atoms with van der Waals surface area (Å²) in [6, 6.07) is 23.9. The second-order valence-electron chi connectivity index (χ2n) is 7.64. The van der Waals surface area contributed by atoms with Crippen LogP contribution in [0.3, 0.4) is 0 Å². The van der Waals surface area contributed by atoms with Crippen LogP contribution < -0.4 is 15.8 Å². The number of para-hydroxylation sites is 3. The molecule has 1 amide bonds. The molecule has 1 aliphatic heterocycles. The Kier molecular flexibility index (Phi) is 5.44. The molecule has 160 valence electrons. The molecule has 1 fully saturated rings. The van der Waals surface area contributed by atoms with Crippen LogP contribution in [0.5, 0.6) is 0 Å². The van der Waals surface area contributed by atoms with Crippen molar-refractivity contribution in [2.45, 2.75) is 0 Å². The van der Waals surface area contributed by atoms with Crippen molar-refractivity contribution in [1.82, 2.24) is 0 Å². The molecule has 2 heterocycles. The van der Waals surface area contributed by atoms with Gasteiger partial charge < -0.3 is 19.4 Å². The Morgan fingerprint density at radius 3 is 2.53 bits per heavy atom. The molecule has 1 aromatic heterocycles. The summed E-state index contributed by atoms with van der Waals surface area (Å²) < 4.78 is 10.9. The monoisotopic (exact) mass is 426 g/mol. The lowest BCUT2D eigenvalue weighted by atomic mass is 10.0. The van der Waals surface area contributed by atoms with Crippen LogP contribution in [0, 0.1) is 0 Å². The number of morpholine rings is 1. The highest BCUT2D eigenvalue weighted by molar-refractivity contribution is 6.06. The van der Waals surface area contributed by atoms with Crippen LogP contribution in [0.1, 0.15) is 10.4 Å². The third-order valence-electron chi connectivity index (χ3n) is 5.58. The highest BCUT2D eigenvalue weighted by Gasteiger charge is 2.17. The van der Waals surface area contributed by atoms with Gasteiger partial charge in [-0.1, -0.05) is 42.5 Å². The number of hydrogen-bond acceptors (Lipinski definition) is 5. The van der Waals surface area contributed by atoms with Gasteiger partial charge in [0.1, 0.15) is 5.58 Å². The lowest BCUT2D eigenvalue weighted by molar-refractivity contribution is 0.102. The number of carbonyl (C=O) groups excluding carboxylic acids is 1. The number of hydrogen-bond donors (Lipinski definition) is 1. The first-order valence-electron chi connectivity index (χ1n) is 10.6. The number of amides is 1. The molecule has 5 rings (SSSR count). The second kappa shape index (κ2) is 8.69. The Balaban J connectivity index is 1.44. The molecule has 32 heavy (non-hydrogen) atoms. The van der Waals surface area contributed by atoms with Crippen molar-refractivity contribution < 1.29 is 13.9 Å². The molecule has 1 saturated heterocycles. The molecular formula is C26H22N2O4. The van der Waals surface area contributed by atoms with E-state index in [0.717, 1.165) is 29.9 Å². The van der Waals surface area contributed by atoms with E-state index in [1.165, 1.54) is 0 Å². The average Bonchev–Trinajstić information content (AvgIpc) is 2.84. The fraction of sp³-hybridized carbons (Fsp3) is 0.154. The minimum atomic E-state index is -0.432. The van der Waals surface area contributed by atoms with E-state index in [1.807, 2.05) is 42.5 Å². The van der Waals surface area contributed by atoms with Gasteiger partial charge in [0.2, 0.25) is 0 Å². The molecule has 1 N–H and O–H groups in total. The SMILES string of the molecule is O=C(Nc1ccccc1N1CCOCC1)c1cccc(-c2cc3ccccc3oc2=O)c1. The molecule has 6 nitrogen and oxygen atoms in total. The number of fused-ring (bicyclic) bond motifs is 1. The molecule has 0 saturated carbocycles. The summed E-state index contributed by atoms with van der Waals surface area (Å²) in [4.78, 5) is 27.8. The third-order valence-corrected chi connectivity index (χ3v) is 5.58. The van der Waals surface area contributed by atoms with Gasteiger partial charge in [0.05, 0.1) is 30.2 Å². The fourth-order valence-corrected chi connectivity index (χ4v) is 3.94. The summed E-state index contributed by atoms with van der Waals surface area (Å²) in [6.45, 7) is 2.89. The Labute approximate surface area is 185 Å². The van der Waals surface area contributed by atoms with Gasteiger partial charge in [-0.25, -0.2) is 4.79 Å². The Morgan fingerprint density at radius 2 is 1.66 bits per heavy atom. The van der Waals surface area contributed by atoms with Crippen LogP contribution in [0.25, 0.3) is 22.1 Å². The van der Waals surface area contributed by atoms with Crippen molar-refractivity contribution in [2.75, 3.05) is 36.5 Å². The largest absolute Gasteiger partial charge is 0.422 e. The first kappa shape index (κ1) is 20.0. The van der Waals surface area contributed by atoms with Crippen molar-refractivity contribution >= 4 is 28.3 Å². The number of anilines is 2. The number of benzene rings is 3. The van der Waals surface area contributed by atoms with Gasteiger partial charge in [-0.15, -0.1) is 0 Å². The summed E-state index contributed by atoms with van der Waals surface area (Å²) >= 11 is 0. The minimum absolute atomic E-state index is 0.238. The van der Waals surface area contributed by atoms with E-state index in [9.17, 15) is 9.59 Å². The standard InChI is InChI=1S/C26H22N2O4/c29-25(27-22-9-2-3-10-23(22)28-12-14-31-15-13-28)20-8-5-7-18(16-20)21-17-19-6-1-4-11-24(19)32-26(21)30/h1-11,16-17H,12-15H2,(H,27,29). The van der Waals surface area contributed by atoms with E-state index < -0.39 is 5.63 Å². The van der Waals surface area contributed by atoms with Gasteiger partial charge in [-0.2, -0.15) is 0 Å². The summed E-state index contributed by atoms with van der Waals surface area (Å²) in [5.41, 5.74) is 3.34. The molecule has 4 aromatic rings. The molecule has 0 atom stereocenters. The van der Waals surface area contributed by atoms with Crippen LogP contribution in [0.2, 0.25) is 0 Å². The lowest BCUT2D eigenvalue weighted by Crippen LogP contribution is -2.36. The summed E-state index contributed by atoms with van der Waals surface area (Å²) in [5, 5.41) is 3.85. The predicted octanol–water partition coefficient (Wildman–Crippen LogP) is 4.55. The summed E-state index contributed by atoms with van der Waals surface area (Å²) in [6.07, 6.45) is 0. The molecule has 0 unspecified atom stereocenters. The van der Waals surface area contributed by atoms with Crippen LogP contribution in [0.15, 0.2) is 88.1 Å². The highest BCUT2D eigenvalue weighted by Crippen LogP contribution is 2.27. The Morgan fingerprint density at radius 1 is 0.875 bits per heavy atom. The van der Waals surface area contributed by atoms with Crippen LogP contribution in [0.4, 0.5) is 11.4 Å². The van der Waals surface area contributed by atoms with E-state index in [-0.39, 0.29) is 5.91 Å². The second-order valence-corrected chi connectivity index (χ2v) is 7.64. The van der Waals surface area contributed by atoms with Crippen LogP contribution >= 0.6 is 0 Å². The maximum atomic E-state index is 13.1. The van der Waals surface area contributed by atoms with Crippen LogP contribution in [-0.2, 0) is 4.74 Å². The van der Waals surface area contributed by atoms with Gasteiger partial charge in [-0.3, -0.25) is 4.79 Å². The van der Waals surface area contributed by atoms with Gasteiger partial charge in [0.25, 0.3) is 5.91 Å². The topological polar surface area (TPSA) is 71.8 Å². The normalized spacial score (nSPS) is 13.8. The maximum absolute atomic E-state index is 13.1. The first-order chi connectivity index (χ1) is 15.7. The zero-order valence-corrected chi connectivity index (χ0v) is 17.4. The van der Waals surface area contributed by atoms with Crippen molar-refractivity contribution in [3.05, 3.63) is 94.8 Å². The molecule has 6 heteroatoms. The molecule has 3 aromatic carbocycles. The predicted molar refractivity (Wildman–Crippen MR) is 125 cm³/mol. The van der Waals surface area contributed by atoms with Gasteiger partial charge in [-0.05, 0) is 42.0 Å². The molecule has 0 radical (unpaired) electrons. The molecule has 0 bridgehead atoms. The van der Waals surface area contributed by atoms with E-state index in [4.69, 9.17) is 9.15 Å². The Hall–Kier alpha value is -3.90. The molecule has 1 aliphatic rings. The zero-order valence-electron chi connectivity index (χ0n) is 17.4. The smallest absolute Gasteiger partial charge is 0.344 e. The van der Waals surface area contributed by atoms with Crippen LogP contribution in [-0.4, -0.2) is 32.2 Å². The molecule has 0 spiro atoms. The summed E-state index contributed by atoms with van der Waals surface area (Å²) in [5.74, 6) is -0.238.